The third-order valence-electron chi connectivity index (χ3n) is 4.77. The molecule has 0 aliphatic carbocycles. The van der Waals surface area contributed by atoms with Crippen LogP contribution in [-0.4, -0.2) is 18.4 Å². The molecule has 1 atom stereocenters. The molecule has 0 fully saturated rings. The summed E-state index contributed by atoms with van der Waals surface area (Å²) in [5.74, 6) is 1.23. The van der Waals surface area contributed by atoms with Gasteiger partial charge in [0.2, 0.25) is 0 Å². The summed E-state index contributed by atoms with van der Waals surface area (Å²) >= 11 is 0. The Labute approximate surface area is 188 Å². The van der Waals surface area contributed by atoms with E-state index in [9.17, 15) is 4.21 Å². The first-order valence-electron chi connectivity index (χ1n) is 9.80. The third kappa shape index (κ3) is 4.53. The Morgan fingerprint density at radius 2 is 1.19 bits per heavy atom. The molecule has 4 rings (SSSR count). The number of benzene rings is 4. The standard InChI is InChI=1S/C26H23O3S2/c1-28-20-18-24(29-2)26(31(27)23-16-10-5-11-17-23)25(19-20)30(21-12-6-3-7-13-21)22-14-8-4-9-15-22/h3-19H,1-2H3/q+1. The topological polar surface area (TPSA) is 35.5 Å². The van der Waals surface area contributed by atoms with Crippen LogP contribution in [0.25, 0.3) is 0 Å². The minimum Gasteiger partial charge on any atom is -0.496 e. The van der Waals surface area contributed by atoms with Gasteiger partial charge in [-0.1, -0.05) is 54.6 Å². The van der Waals surface area contributed by atoms with Crippen molar-refractivity contribution in [3.05, 3.63) is 103 Å². The van der Waals surface area contributed by atoms with Crippen molar-refractivity contribution in [1.82, 2.24) is 0 Å². The van der Waals surface area contributed by atoms with Crippen LogP contribution in [0.2, 0.25) is 0 Å². The number of ether oxygens (including phenoxy) is 2. The zero-order valence-corrected chi connectivity index (χ0v) is 19.0. The summed E-state index contributed by atoms with van der Waals surface area (Å²) in [6, 6.07) is 33.8. The normalized spacial score (nSPS) is 11.8. The fourth-order valence-electron chi connectivity index (χ4n) is 3.32. The van der Waals surface area contributed by atoms with Crippen molar-refractivity contribution < 1.29 is 13.7 Å². The molecule has 0 aliphatic rings. The highest BCUT2D eigenvalue weighted by atomic mass is 32.2. The zero-order valence-electron chi connectivity index (χ0n) is 17.4. The SMILES string of the molecule is COc1cc(OC)c(S(=O)c2ccccc2)c([S+](c2ccccc2)c2ccccc2)c1. The van der Waals surface area contributed by atoms with E-state index >= 15 is 0 Å². The van der Waals surface area contributed by atoms with Crippen molar-refractivity contribution in [3.8, 4) is 11.5 Å². The predicted octanol–water partition coefficient (Wildman–Crippen LogP) is 5.97. The van der Waals surface area contributed by atoms with E-state index in [1.807, 2.05) is 72.8 Å². The fourth-order valence-corrected chi connectivity index (χ4v) is 7.16. The van der Waals surface area contributed by atoms with Crippen LogP contribution in [0.1, 0.15) is 0 Å². The predicted molar refractivity (Wildman–Crippen MR) is 126 cm³/mol. The molecule has 0 N–H and O–H groups in total. The molecule has 5 heteroatoms. The lowest BCUT2D eigenvalue weighted by Gasteiger charge is -2.16. The van der Waals surface area contributed by atoms with E-state index in [1.54, 1.807) is 20.3 Å². The molecule has 0 heterocycles. The molecule has 31 heavy (non-hydrogen) atoms. The Morgan fingerprint density at radius 3 is 1.68 bits per heavy atom. The second kappa shape index (κ2) is 9.86. The van der Waals surface area contributed by atoms with Crippen molar-refractivity contribution in [2.45, 2.75) is 24.5 Å². The highest BCUT2D eigenvalue weighted by Crippen LogP contribution is 2.42. The van der Waals surface area contributed by atoms with Gasteiger partial charge in [-0.2, -0.15) is 0 Å². The van der Waals surface area contributed by atoms with Gasteiger partial charge in [-0.15, -0.1) is 0 Å². The second-order valence-electron chi connectivity index (χ2n) is 6.67. The van der Waals surface area contributed by atoms with E-state index in [1.165, 1.54) is 0 Å². The van der Waals surface area contributed by atoms with Gasteiger partial charge >= 0.3 is 0 Å². The van der Waals surface area contributed by atoms with Crippen molar-refractivity contribution >= 4 is 21.7 Å². The maximum absolute atomic E-state index is 13.8. The van der Waals surface area contributed by atoms with Gasteiger partial charge in [0.25, 0.3) is 0 Å². The summed E-state index contributed by atoms with van der Waals surface area (Å²) in [7, 11) is 1.32. The Hall–Kier alpha value is -3.02. The van der Waals surface area contributed by atoms with Crippen LogP contribution in [0, 0.1) is 0 Å². The molecule has 0 aromatic heterocycles. The maximum atomic E-state index is 13.8. The van der Waals surface area contributed by atoms with Gasteiger partial charge < -0.3 is 9.47 Å². The molecule has 4 aromatic carbocycles. The van der Waals surface area contributed by atoms with Crippen molar-refractivity contribution in [1.29, 1.82) is 0 Å². The van der Waals surface area contributed by atoms with Crippen LogP contribution in [0.5, 0.6) is 11.5 Å². The molecule has 4 aromatic rings. The van der Waals surface area contributed by atoms with Gasteiger partial charge in [-0.05, 0) is 36.4 Å². The minimum atomic E-state index is -1.42. The van der Waals surface area contributed by atoms with Crippen LogP contribution >= 0.6 is 0 Å². The molecule has 156 valence electrons. The van der Waals surface area contributed by atoms with Crippen LogP contribution in [0.15, 0.2) is 128 Å². The number of hydrogen-bond acceptors (Lipinski definition) is 3. The van der Waals surface area contributed by atoms with E-state index < -0.39 is 21.7 Å². The minimum absolute atomic E-state index is 0.497. The van der Waals surface area contributed by atoms with E-state index in [2.05, 4.69) is 24.3 Å². The third-order valence-corrected chi connectivity index (χ3v) is 8.64. The molecule has 3 nitrogen and oxygen atoms in total. The first kappa shape index (κ1) is 21.2. The Kier molecular flexibility index (Phi) is 6.75. The van der Waals surface area contributed by atoms with Crippen molar-refractivity contribution in [2.75, 3.05) is 14.2 Å². The van der Waals surface area contributed by atoms with E-state index in [0.717, 1.165) is 19.6 Å². The van der Waals surface area contributed by atoms with Gasteiger partial charge in [0.1, 0.15) is 27.3 Å². The van der Waals surface area contributed by atoms with Gasteiger partial charge in [-0.3, -0.25) is 0 Å². The van der Waals surface area contributed by atoms with Crippen LogP contribution < -0.4 is 9.47 Å². The molecular formula is C26H23O3S2+. The lowest BCUT2D eigenvalue weighted by molar-refractivity contribution is 0.383. The Morgan fingerprint density at radius 1 is 0.677 bits per heavy atom. The molecule has 0 bridgehead atoms. The molecule has 0 saturated heterocycles. The Bertz CT molecular complexity index is 1120. The van der Waals surface area contributed by atoms with Gasteiger partial charge in [0, 0.05) is 17.0 Å². The van der Waals surface area contributed by atoms with Crippen LogP contribution in [0.4, 0.5) is 0 Å². The largest absolute Gasteiger partial charge is 0.496 e. The monoisotopic (exact) mass is 447 g/mol. The van der Waals surface area contributed by atoms with Crippen molar-refractivity contribution in [3.63, 3.8) is 0 Å². The summed E-state index contributed by atoms with van der Waals surface area (Å²) in [6.07, 6.45) is 0. The number of methoxy groups -OCH3 is 2. The summed E-state index contributed by atoms with van der Waals surface area (Å²) in [5, 5.41) is 0. The summed E-state index contributed by atoms with van der Waals surface area (Å²) in [4.78, 5) is 4.60. The first-order chi connectivity index (χ1) is 15.2. The quantitative estimate of drug-likeness (QED) is 0.328. The summed E-state index contributed by atoms with van der Waals surface area (Å²) < 4.78 is 25.1. The smallest absolute Gasteiger partial charge is 0.190 e. The van der Waals surface area contributed by atoms with Crippen LogP contribution in [0.3, 0.4) is 0 Å². The molecule has 1 unspecified atom stereocenters. The molecule has 0 aliphatic heterocycles. The lowest BCUT2D eigenvalue weighted by Crippen LogP contribution is -2.11. The molecule has 0 amide bonds. The number of rotatable bonds is 7. The number of hydrogen-bond donors (Lipinski definition) is 0. The summed E-state index contributed by atoms with van der Waals surface area (Å²) in [6.45, 7) is 0. The van der Waals surface area contributed by atoms with Crippen LogP contribution in [-0.2, 0) is 21.7 Å². The fraction of sp³-hybridized carbons (Fsp3) is 0.0769. The molecule has 0 radical (unpaired) electrons. The Balaban J connectivity index is 2.01. The van der Waals surface area contributed by atoms with E-state index in [0.29, 0.717) is 16.4 Å². The average Bonchev–Trinajstić information content (AvgIpc) is 2.85. The van der Waals surface area contributed by atoms with Gasteiger partial charge in [0.15, 0.2) is 14.7 Å². The molecule has 0 spiro atoms. The van der Waals surface area contributed by atoms with Gasteiger partial charge in [-0.25, -0.2) is 4.21 Å². The lowest BCUT2D eigenvalue weighted by atomic mass is 10.3. The molecule has 0 saturated carbocycles. The highest BCUT2D eigenvalue weighted by molar-refractivity contribution is 7.97. The maximum Gasteiger partial charge on any atom is 0.190 e. The summed E-state index contributed by atoms with van der Waals surface area (Å²) in [5.41, 5.74) is 0. The highest BCUT2D eigenvalue weighted by Gasteiger charge is 2.36. The van der Waals surface area contributed by atoms with E-state index in [4.69, 9.17) is 9.47 Å². The van der Waals surface area contributed by atoms with E-state index in [-0.39, 0.29) is 0 Å². The zero-order chi connectivity index (χ0) is 21.6. The van der Waals surface area contributed by atoms with Gasteiger partial charge in [0.05, 0.1) is 25.0 Å². The average molecular weight is 448 g/mol. The first-order valence-corrected chi connectivity index (χ1v) is 12.2. The molecular weight excluding hydrogens is 424 g/mol. The second-order valence-corrected chi connectivity index (χ2v) is 10.1. The van der Waals surface area contributed by atoms with Crippen molar-refractivity contribution in [2.24, 2.45) is 0 Å².